The number of halogens is 3. The van der Waals surface area contributed by atoms with E-state index in [1.165, 1.54) is 24.1 Å². The minimum atomic E-state index is -4.28. The van der Waals surface area contributed by atoms with Crippen LogP contribution in [0.15, 0.2) is 18.2 Å². The third kappa shape index (κ3) is 5.19. The van der Waals surface area contributed by atoms with E-state index in [2.05, 4.69) is 15.6 Å². The van der Waals surface area contributed by atoms with Crippen LogP contribution in [0.5, 0.6) is 0 Å². The fourth-order valence-corrected chi connectivity index (χ4v) is 2.65. The monoisotopic (exact) mass is 344 g/mol. The summed E-state index contributed by atoms with van der Waals surface area (Å²) in [6, 6.07) is 4.60. The summed E-state index contributed by atoms with van der Waals surface area (Å²) >= 11 is 0. The lowest BCUT2D eigenvalue weighted by molar-refractivity contribution is -0.151. The highest BCUT2D eigenvalue weighted by Gasteiger charge is 2.34. The Morgan fingerprint density at radius 1 is 1.38 bits per heavy atom. The minimum Gasteiger partial charge on any atom is -0.354 e. The molecule has 2 N–H and O–H groups in total. The molecule has 2 heterocycles. The van der Waals surface area contributed by atoms with Crippen LogP contribution in [0.25, 0.3) is 0 Å². The van der Waals surface area contributed by atoms with Crippen LogP contribution in [0.4, 0.5) is 19.0 Å². The van der Waals surface area contributed by atoms with Gasteiger partial charge in [0.05, 0.1) is 12.5 Å². The van der Waals surface area contributed by atoms with Crippen molar-refractivity contribution in [3.05, 3.63) is 23.9 Å². The first kappa shape index (κ1) is 18.2. The lowest BCUT2D eigenvalue weighted by Gasteiger charge is -2.32. The molecular weight excluding hydrogens is 325 g/mol. The molecule has 1 aliphatic heterocycles. The molecule has 1 fully saturated rings. The number of pyridine rings is 1. The molecule has 0 radical (unpaired) electrons. The van der Waals surface area contributed by atoms with E-state index in [-0.39, 0.29) is 29.9 Å². The van der Waals surface area contributed by atoms with Crippen LogP contribution in [0, 0.1) is 5.92 Å². The lowest BCUT2D eigenvalue weighted by atomic mass is 9.97. The molecule has 1 atom stereocenters. The van der Waals surface area contributed by atoms with E-state index >= 15 is 0 Å². The van der Waals surface area contributed by atoms with E-state index < -0.39 is 18.6 Å². The first-order valence-electron chi connectivity index (χ1n) is 7.57. The van der Waals surface area contributed by atoms with Crippen molar-refractivity contribution in [2.24, 2.45) is 5.92 Å². The predicted molar refractivity (Wildman–Crippen MR) is 81.5 cm³/mol. The molecule has 9 heteroatoms. The highest BCUT2D eigenvalue weighted by molar-refractivity contribution is 5.94. The van der Waals surface area contributed by atoms with Gasteiger partial charge in [-0.05, 0) is 31.5 Å². The van der Waals surface area contributed by atoms with Gasteiger partial charge in [-0.15, -0.1) is 0 Å². The van der Waals surface area contributed by atoms with Crippen molar-refractivity contribution in [2.45, 2.75) is 19.0 Å². The molecule has 0 aromatic carbocycles. The van der Waals surface area contributed by atoms with E-state index in [1.54, 1.807) is 6.07 Å². The van der Waals surface area contributed by atoms with Gasteiger partial charge in [-0.3, -0.25) is 14.5 Å². The Bertz CT molecular complexity index is 607. The van der Waals surface area contributed by atoms with Crippen LogP contribution in [-0.2, 0) is 4.79 Å². The Morgan fingerprint density at radius 3 is 2.79 bits per heavy atom. The van der Waals surface area contributed by atoms with Crippen molar-refractivity contribution in [3.63, 3.8) is 0 Å². The summed E-state index contributed by atoms with van der Waals surface area (Å²) in [7, 11) is 1.46. The van der Waals surface area contributed by atoms with Gasteiger partial charge in [0.2, 0.25) is 5.91 Å². The first-order chi connectivity index (χ1) is 11.3. The van der Waals surface area contributed by atoms with Crippen LogP contribution >= 0.6 is 0 Å². The number of hydrogen-bond donors (Lipinski definition) is 2. The van der Waals surface area contributed by atoms with E-state index in [9.17, 15) is 22.8 Å². The van der Waals surface area contributed by atoms with Gasteiger partial charge in [0, 0.05) is 13.6 Å². The first-order valence-corrected chi connectivity index (χ1v) is 7.57. The zero-order valence-electron chi connectivity index (χ0n) is 13.2. The molecule has 1 aromatic heterocycles. The molecule has 2 amide bonds. The summed E-state index contributed by atoms with van der Waals surface area (Å²) in [4.78, 5) is 29.1. The molecule has 1 aliphatic rings. The van der Waals surface area contributed by atoms with Crippen LogP contribution in [0.3, 0.4) is 0 Å². The molecule has 0 aliphatic carbocycles. The van der Waals surface area contributed by atoms with E-state index in [1.807, 2.05) is 0 Å². The van der Waals surface area contributed by atoms with Crippen LogP contribution < -0.4 is 10.6 Å². The van der Waals surface area contributed by atoms with Crippen molar-refractivity contribution in [2.75, 3.05) is 32.0 Å². The number of anilines is 1. The van der Waals surface area contributed by atoms with Crippen molar-refractivity contribution >= 4 is 17.6 Å². The minimum absolute atomic E-state index is 0.0560. The third-order valence-corrected chi connectivity index (χ3v) is 3.74. The lowest BCUT2D eigenvalue weighted by Crippen LogP contribution is -2.44. The summed E-state index contributed by atoms with van der Waals surface area (Å²) in [5, 5.41) is 5.00. The number of piperidine rings is 1. The Balaban J connectivity index is 1.98. The van der Waals surface area contributed by atoms with E-state index in [0.717, 1.165) is 0 Å². The van der Waals surface area contributed by atoms with Gasteiger partial charge in [0.1, 0.15) is 11.5 Å². The summed E-state index contributed by atoms with van der Waals surface area (Å²) in [6.07, 6.45) is -3.23. The average Bonchev–Trinajstić information content (AvgIpc) is 2.53. The predicted octanol–water partition coefficient (Wildman–Crippen LogP) is 1.65. The smallest absolute Gasteiger partial charge is 0.354 e. The van der Waals surface area contributed by atoms with Crippen LogP contribution in [0.2, 0.25) is 0 Å². The Labute approximate surface area is 137 Å². The zero-order valence-corrected chi connectivity index (χ0v) is 13.2. The second-order valence-corrected chi connectivity index (χ2v) is 5.67. The number of carbonyl (C=O) groups excluding carboxylic acids is 2. The Kier molecular flexibility index (Phi) is 5.76. The van der Waals surface area contributed by atoms with E-state index in [0.29, 0.717) is 19.4 Å². The Hall–Kier alpha value is -2.16. The third-order valence-electron chi connectivity index (χ3n) is 3.74. The highest BCUT2D eigenvalue weighted by atomic mass is 19.4. The van der Waals surface area contributed by atoms with Gasteiger partial charge in [0.15, 0.2) is 0 Å². The standard InChI is InChI=1S/C15H19F3N4O2/c1-19-14(24)11-5-2-6-12(20-11)21-13(23)10-4-3-7-22(8-10)9-15(16,17)18/h2,5-6,10H,3-4,7-9H2,1H3,(H,19,24)(H,20,21,23)/t10-/m1/s1. The van der Waals surface area contributed by atoms with Crippen molar-refractivity contribution in [1.29, 1.82) is 0 Å². The molecule has 6 nitrogen and oxygen atoms in total. The molecule has 1 saturated heterocycles. The number of rotatable bonds is 4. The molecule has 24 heavy (non-hydrogen) atoms. The maximum Gasteiger partial charge on any atom is 0.401 e. The summed E-state index contributed by atoms with van der Waals surface area (Å²) in [5.74, 6) is -1.11. The fraction of sp³-hybridized carbons (Fsp3) is 0.533. The highest BCUT2D eigenvalue weighted by Crippen LogP contribution is 2.23. The van der Waals surface area contributed by atoms with Crippen LogP contribution in [0.1, 0.15) is 23.3 Å². The maximum atomic E-state index is 12.5. The van der Waals surface area contributed by atoms with Gasteiger partial charge in [-0.1, -0.05) is 6.07 Å². The maximum absolute atomic E-state index is 12.5. The SMILES string of the molecule is CNC(=O)c1cccc(NC(=O)[C@@H]2CCCN(CC(F)(F)F)C2)n1. The number of carbonyl (C=O) groups is 2. The number of nitrogens with zero attached hydrogens (tertiary/aromatic N) is 2. The molecule has 132 valence electrons. The van der Waals surface area contributed by atoms with Gasteiger partial charge >= 0.3 is 6.18 Å². The fourth-order valence-electron chi connectivity index (χ4n) is 2.65. The second-order valence-electron chi connectivity index (χ2n) is 5.67. The number of hydrogen-bond acceptors (Lipinski definition) is 4. The summed E-state index contributed by atoms with van der Waals surface area (Å²) < 4.78 is 37.4. The molecule has 1 aromatic rings. The molecular formula is C15H19F3N4O2. The van der Waals surface area contributed by atoms with Crippen LogP contribution in [-0.4, -0.2) is 54.6 Å². The quantitative estimate of drug-likeness (QED) is 0.871. The van der Waals surface area contributed by atoms with Gasteiger partial charge in [-0.2, -0.15) is 13.2 Å². The number of amides is 2. The van der Waals surface area contributed by atoms with E-state index in [4.69, 9.17) is 0 Å². The van der Waals surface area contributed by atoms with Crippen molar-refractivity contribution < 1.29 is 22.8 Å². The topological polar surface area (TPSA) is 74.3 Å². The molecule has 0 saturated carbocycles. The average molecular weight is 344 g/mol. The van der Waals surface area contributed by atoms with Crippen molar-refractivity contribution in [1.82, 2.24) is 15.2 Å². The van der Waals surface area contributed by atoms with Gasteiger partial charge in [0.25, 0.3) is 5.91 Å². The molecule has 2 rings (SSSR count). The largest absolute Gasteiger partial charge is 0.401 e. The number of alkyl halides is 3. The summed E-state index contributed by atoms with van der Waals surface area (Å²) in [5.41, 5.74) is 0.151. The Morgan fingerprint density at radius 2 is 2.12 bits per heavy atom. The molecule has 0 bridgehead atoms. The summed E-state index contributed by atoms with van der Waals surface area (Å²) in [6.45, 7) is -0.630. The molecule has 0 unspecified atom stereocenters. The van der Waals surface area contributed by atoms with Gasteiger partial charge < -0.3 is 10.6 Å². The van der Waals surface area contributed by atoms with Crippen molar-refractivity contribution in [3.8, 4) is 0 Å². The zero-order chi connectivity index (χ0) is 17.7. The second kappa shape index (κ2) is 7.61. The number of nitrogens with one attached hydrogen (secondary N) is 2. The van der Waals surface area contributed by atoms with Gasteiger partial charge in [-0.25, -0.2) is 4.98 Å². The number of aromatic nitrogens is 1. The normalized spacial score (nSPS) is 18.9. The molecule has 0 spiro atoms. The number of likely N-dealkylation sites (tertiary alicyclic amines) is 1.